The normalized spacial score (nSPS) is 12.5. The SMILES string of the molecule is CC(C)c1cccc(C(C)C)c1N=Cc1ccc(C=Nc2c(C(C)C)cccc2C(C)C)o1. The Bertz CT molecular complexity index is 989. The molecule has 0 atom stereocenters. The van der Waals surface area contributed by atoms with E-state index < -0.39 is 0 Å². The molecule has 3 rings (SSSR count). The first kappa shape index (κ1) is 24.7. The van der Waals surface area contributed by atoms with Gasteiger partial charge in [0.1, 0.15) is 11.5 Å². The maximum atomic E-state index is 6.03. The first-order chi connectivity index (χ1) is 15.7. The molecule has 0 aliphatic heterocycles. The Morgan fingerprint density at radius 1 is 0.515 bits per heavy atom. The van der Waals surface area contributed by atoms with Crippen molar-refractivity contribution in [3.05, 3.63) is 82.3 Å². The van der Waals surface area contributed by atoms with E-state index in [-0.39, 0.29) is 0 Å². The molecule has 0 aliphatic rings. The quantitative estimate of drug-likeness (QED) is 0.320. The van der Waals surface area contributed by atoms with Gasteiger partial charge in [-0.1, -0.05) is 91.8 Å². The van der Waals surface area contributed by atoms with Crippen molar-refractivity contribution in [2.75, 3.05) is 0 Å². The molecule has 0 spiro atoms. The van der Waals surface area contributed by atoms with Gasteiger partial charge in [-0.25, -0.2) is 0 Å². The Hall–Kier alpha value is -2.94. The number of nitrogens with zero attached hydrogens (tertiary/aromatic N) is 2. The summed E-state index contributed by atoms with van der Waals surface area (Å²) in [7, 11) is 0. The van der Waals surface area contributed by atoms with Crippen LogP contribution in [0, 0.1) is 0 Å². The number of hydrogen-bond donors (Lipinski definition) is 0. The third kappa shape index (κ3) is 5.90. The van der Waals surface area contributed by atoms with E-state index in [1.165, 1.54) is 22.3 Å². The lowest BCUT2D eigenvalue weighted by molar-refractivity contribution is 0.553. The van der Waals surface area contributed by atoms with Crippen LogP contribution in [0.2, 0.25) is 0 Å². The highest BCUT2D eigenvalue weighted by Crippen LogP contribution is 2.36. The number of furan rings is 1. The highest BCUT2D eigenvalue weighted by atomic mass is 16.3. The van der Waals surface area contributed by atoms with Gasteiger partial charge in [0.2, 0.25) is 0 Å². The van der Waals surface area contributed by atoms with Gasteiger partial charge in [0.15, 0.2) is 0 Å². The summed E-state index contributed by atoms with van der Waals surface area (Å²) in [5, 5.41) is 0. The van der Waals surface area contributed by atoms with Gasteiger partial charge in [-0.05, 0) is 58.1 Å². The molecule has 0 aliphatic carbocycles. The van der Waals surface area contributed by atoms with E-state index in [4.69, 9.17) is 14.4 Å². The minimum absolute atomic E-state index is 0.409. The monoisotopic (exact) mass is 442 g/mol. The standard InChI is InChI=1S/C30H38N2O/c1-19(2)25-11-9-12-26(20(3)4)29(25)31-17-23-15-16-24(33-23)18-32-30-27(21(5)6)13-10-14-28(30)22(7)8/h9-22H,1-8H3. The molecule has 1 heterocycles. The van der Waals surface area contributed by atoms with Crippen molar-refractivity contribution in [3.63, 3.8) is 0 Å². The van der Waals surface area contributed by atoms with Crippen LogP contribution >= 0.6 is 0 Å². The Labute approximate surface area is 199 Å². The molecule has 0 N–H and O–H groups in total. The second-order valence-electron chi connectivity index (χ2n) is 9.95. The minimum Gasteiger partial charge on any atom is -0.454 e. The third-order valence-electron chi connectivity index (χ3n) is 5.97. The first-order valence-electron chi connectivity index (χ1n) is 12.1. The third-order valence-corrected chi connectivity index (χ3v) is 5.97. The zero-order valence-corrected chi connectivity index (χ0v) is 21.4. The molecule has 0 saturated carbocycles. The van der Waals surface area contributed by atoms with E-state index in [0.717, 1.165) is 22.9 Å². The predicted octanol–water partition coefficient (Wildman–Crippen LogP) is 9.27. The van der Waals surface area contributed by atoms with Crippen molar-refractivity contribution in [2.24, 2.45) is 9.98 Å². The summed E-state index contributed by atoms with van der Waals surface area (Å²) in [6.45, 7) is 17.7. The topological polar surface area (TPSA) is 37.9 Å². The lowest BCUT2D eigenvalue weighted by atomic mass is 9.93. The van der Waals surface area contributed by atoms with Gasteiger partial charge >= 0.3 is 0 Å². The van der Waals surface area contributed by atoms with Crippen molar-refractivity contribution in [3.8, 4) is 0 Å². The second-order valence-corrected chi connectivity index (χ2v) is 9.95. The molecule has 3 heteroatoms. The maximum absolute atomic E-state index is 6.03. The van der Waals surface area contributed by atoms with E-state index in [1.54, 1.807) is 0 Å². The summed E-state index contributed by atoms with van der Waals surface area (Å²) < 4.78 is 6.03. The van der Waals surface area contributed by atoms with Crippen LogP contribution in [0.1, 0.15) is 113 Å². The molecule has 3 aromatic rings. The average Bonchev–Trinajstić information content (AvgIpc) is 3.23. The second kappa shape index (κ2) is 10.8. The largest absolute Gasteiger partial charge is 0.454 e. The molecule has 0 unspecified atom stereocenters. The van der Waals surface area contributed by atoms with Gasteiger partial charge in [-0.3, -0.25) is 9.98 Å². The molecule has 0 bridgehead atoms. The van der Waals surface area contributed by atoms with Gasteiger partial charge in [0.05, 0.1) is 23.8 Å². The number of hydrogen-bond acceptors (Lipinski definition) is 3. The zero-order chi connectivity index (χ0) is 24.1. The average molecular weight is 443 g/mol. The number of para-hydroxylation sites is 2. The number of aliphatic imine (C=N–C) groups is 2. The summed E-state index contributed by atoms with van der Waals surface area (Å²) >= 11 is 0. The van der Waals surface area contributed by atoms with Crippen molar-refractivity contribution in [2.45, 2.75) is 79.1 Å². The minimum atomic E-state index is 0.409. The zero-order valence-electron chi connectivity index (χ0n) is 21.4. The smallest absolute Gasteiger partial charge is 0.145 e. The van der Waals surface area contributed by atoms with Crippen LogP contribution in [0.5, 0.6) is 0 Å². The molecular weight excluding hydrogens is 404 g/mol. The highest BCUT2D eigenvalue weighted by Gasteiger charge is 2.14. The van der Waals surface area contributed by atoms with Gasteiger partial charge in [-0.15, -0.1) is 0 Å². The van der Waals surface area contributed by atoms with Crippen molar-refractivity contribution in [1.82, 2.24) is 0 Å². The Morgan fingerprint density at radius 2 is 0.818 bits per heavy atom. The van der Waals surface area contributed by atoms with Gasteiger partial charge in [0.25, 0.3) is 0 Å². The molecular formula is C30H38N2O. The molecule has 33 heavy (non-hydrogen) atoms. The van der Waals surface area contributed by atoms with Gasteiger partial charge in [-0.2, -0.15) is 0 Å². The van der Waals surface area contributed by atoms with Crippen LogP contribution in [0.25, 0.3) is 0 Å². The fraction of sp³-hybridized carbons (Fsp3) is 0.400. The molecule has 0 radical (unpaired) electrons. The summed E-state index contributed by atoms with van der Waals surface area (Å²) in [4.78, 5) is 9.72. The molecule has 174 valence electrons. The first-order valence-corrected chi connectivity index (χ1v) is 12.1. The van der Waals surface area contributed by atoms with Crippen molar-refractivity contribution >= 4 is 23.8 Å². The molecule has 2 aromatic carbocycles. The predicted molar refractivity (Wildman–Crippen MR) is 142 cm³/mol. The Kier molecular flexibility index (Phi) is 8.07. The van der Waals surface area contributed by atoms with E-state index in [0.29, 0.717) is 23.7 Å². The lowest BCUT2D eigenvalue weighted by Crippen LogP contribution is -1.95. The van der Waals surface area contributed by atoms with E-state index in [1.807, 2.05) is 24.6 Å². The van der Waals surface area contributed by atoms with E-state index >= 15 is 0 Å². The molecule has 3 nitrogen and oxygen atoms in total. The molecule has 0 saturated heterocycles. The van der Waals surface area contributed by atoms with Crippen LogP contribution in [-0.2, 0) is 0 Å². The fourth-order valence-electron chi connectivity index (χ4n) is 4.09. The summed E-state index contributed by atoms with van der Waals surface area (Å²) in [6.07, 6.45) is 3.65. The van der Waals surface area contributed by atoms with Crippen molar-refractivity contribution in [1.29, 1.82) is 0 Å². The highest BCUT2D eigenvalue weighted by molar-refractivity contribution is 5.84. The van der Waals surface area contributed by atoms with Crippen molar-refractivity contribution < 1.29 is 4.42 Å². The van der Waals surface area contributed by atoms with Crippen LogP contribution in [0.3, 0.4) is 0 Å². The Balaban J connectivity index is 1.90. The molecule has 0 fully saturated rings. The molecule has 1 aromatic heterocycles. The fourth-order valence-corrected chi connectivity index (χ4v) is 4.09. The number of benzene rings is 2. The van der Waals surface area contributed by atoms with Crippen LogP contribution in [0.4, 0.5) is 11.4 Å². The van der Waals surface area contributed by atoms with E-state index in [9.17, 15) is 0 Å². The van der Waals surface area contributed by atoms with Gasteiger partial charge < -0.3 is 4.42 Å². The maximum Gasteiger partial charge on any atom is 0.145 e. The lowest BCUT2D eigenvalue weighted by Gasteiger charge is -2.16. The molecule has 0 amide bonds. The summed E-state index contributed by atoms with van der Waals surface area (Å²) in [5.74, 6) is 3.09. The van der Waals surface area contributed by atoms with Gasteiger partial charge in [0, 0.05) is 0 Å². The van der Waals surface area contributed by atoms with E-state index in [2.05, 4.69) is 91.8 Å². The van der Waals surface area contributed by atoms with Crippen LogP contribution in [0.15, 0.2) is 62.9 Å². The van der Waals surface area contributed by atoms with Crippen LogP contribution < -0.4 is 0 Å². The Morgan fingerprint density at radius 3 is 1.09 bits per heavy atom. The number of rotatable bonds is 8. The van der Waals surface area contributed by atoms with Crippen LogP contribution in [-0.4, -0.2) is 12.4 Å². The summed E-state index contributed by atoms with van der Waals surface area (Å²) in [6, 6.07) is 16.8. The summed E-state index contributed by atoms with van der Waals surface area (Å²) in [5.41, 5.74) is 7.16.